The van der Waals surface area contributed by atoms with E-state index in [9.17, 15) is 9.59 Å². The third-order valence-electron chi connectivity index (χ3n) is 2.41. The van der Waals surface area contributed by atoms with Crippen LogP contribution in [0.15, 0.2) is 35.1 Å². The fraction of sp³-hybridized carbons (Fsp3) is 0.0833. The number of aliphatic carboxylic acids is 1. The third-order valence-corrected chi connectivity index (χ3v) is 2.41. The maximum absolute atomic E-state index is 11.6. The van der Waals surface area contributed by atoms with Gasteiger partial charge in [0.15, 0.2) is 0 Å². The molecule has 0 amide bonds. The van der Waals surface area contributed by atoms with Crippen LogP contribution in [0.3, 0.4) is 0 Å². The summed E-state index contributed by atoms with van der Waals surface area (Å²) >= 11 is 0. The molecule has 2 rings (SSSR count). The molecule has 0 saturated carbocycles. The van der Waals surface area contributed by atoms with E-state index in [0.29, 0.717) is 16.5 Å². The fourth-order valence-corrected chi connectivity index (χ4v) is 1.67. The van der Waals surface area contributed by atoms with E-state index in [1.807, 2.05) is 6.07 Å². The average Bonchev–Trinajstić information content (AvgIpc) is 2.32. The quantitative estimate of drug-likeness (QED) is 0.829. The summed E-state index contributed by atoms with van der Waals surface area (Å²) in [4.78, 5) is 22.2. The molecule has 17 heavy (non-hydrogen) atoms. The number of carboxylic acid groups (broad SMARTS) is 1. The van der Waals surface area contributed by atoms with Crippen LogP contribution in [-0.4, -0.2) is 15.6 Å². The summed E-state index contributed by atoms with van der Waals surface area (Å²) in [7, 11) is 0. The van der Waals surface area contributed by atoms with Crippen molar-refractivity contribution in [1.29, 1.82) is 5.26 Å². The highest BCUT2D eigenvalue weighted by molar-refractivity contribution is 5.81. The number of benzene rings is 1. The van der Waals surface area contributed by atoms with Gasteiger partial charge in [0.25, 0.3) is 5.56 Å². The molecule has 0 atom stereocenters. The molecule has 1 heterocycles. The zero-order valence-electron chi connectivity index (χ0n) is 8.75. The molecule has 5 nitrogen and oxygen atoms in total. The molecule has 0 aliphatic heterocycles. The molecule has 1 aromatic carbocycles. The van der Waals surface area contributed by atoms with Crippen LogP contribution in [-0.2, 0) is 11.3 Å². The maximum atomic E-state index is 11.6. The number of carbonyl (C=O) groups is 1. The van der Waals surface area contributed by atoms with Crippen LogP contribution in [0.5, 0.6) is 0 Å². The van der Waals surface area contributed by atoms with E-state index in [1.165, 1.54) is 10.6 Å². The zero-order chi connectivity index (χ0) is 12.4. The maximum Gasteiger partial charge on any atom is 0.323 e. The van der Waals surface area contributed by atoms with E-state index in [1.54, 1.807) is 24.3 Å². The monoisotopic (exact) mass is 228 g/mol. The first-order valence-electron chi connectivity index (χ1n) is 4.87. The van der Waals surface area contributed by atoms with Crippen LogP contribution in [0.25, 0.3) is 10.9 Å². The summed E-state index contributed by atoms with van der Waals surface area (Å²) in [6.45, 7) is -0.387. The summed E-state index contributed by atoms with van der Waals surface area (Å²) in [5, 5.41) is 18.2. The van der Waals surface area contributed by atoms with Crippen LogP contribution in [0.2, 0.25) is 0 Å². The van der Waals surface area contributed by atoms with Gasteiger partial charge < -0.3 is 5.11 Å². The van der Waals surface area contributed by atoms with Crippen molar-refractivity contribution in [2.75, 3.05) is 0 Å². The number of pyridine rings is 1. The first-order valence-corrected chi connectivity index (χ1v) is 4.87. The van der Waals surface area contributed by atoms with Crippen molar-refractivity contribution in [2.45, 2.75) is 6.54 Å². The Balaban J connectivity index is 2.74. The van der Waals surface area contributed by atoms with E-state index < -0.39 is 5.97 Å². The second-order valence-corrected chi connectivity index (χ2v) is 3.54. The molecule has 0 bridgehead atoms. The van der Waals surface area contributed by atoms with Crippen molar-refractivity contribution in [2.24, 2.45) is 0 Å². The lowest BCUT2D eigenvalue weighted by Gasteiger charge is -2.07. The summed E-state index contributed by atoms with van der Waals surface area (Å²) < 4.78 is 1.17. The number of nitriles is 1. The average molecular weight is 228 g/mol. The van der Waals surface area contributed by atoms with Crippen molar-refractivity contribution in [3.05, 3.63) is 46.2 Å². The lowest BCUT2D eigenvalue weighted by Crippen LogP contribution is -2.23. The van der Waals surface area contributed by atoms with Gasteiger partial charge in [-0.05, 0) is 29.7 Å². The summed E-state index contributed by atoms with van der Waals surface area (Å²) in [6, 6.07) is 9.62. The van der Waals surface area contributed by atoms with Crippen molar-refractivity contribution >= 4 is 16.9 Å². The highest BCUT2D eigenvalue weighted by Crippen LogP contribution is 2.13. The Labute approximate surface area is 96.1 Å². The van der Waals surface area contributed by atoms with Gasteiger partial charge >= 0.3 is 5.97 Å². The molecule has 84 valence electrons. The number of carboxylic acids is 1. The van der Waals surface area contributed by atoms with Crippen molar-refractivity contribution in [3.63, 3.8) is 0 Å². The first-order chi connectivity index (χ1) is 8.11. The van der Waals surface area contributed by atoms with Crippen molar-refractivity contribution in [1.82, 2.24) is 4.57 Å². The van der Waals surface area contributed by atoms with E-state index in [-0.39, 0.29) is 12.1 Å². The molecule has 0 spiro atoms. The van der Waals surface area contributed by atoms with E-state index >= 15 is 0 Å². The Morgan fingerprint density at radius 3 is 2.76 bits per heavy atom. The van der Waals surface area contributed by atoms with Gasteiger partial charge in [0.1, 0.15) is 6.54 Å². The standard InChI is InChI=1S/C12H8N2O3/c13-6-8-1-3-10-9(5-8)2-4-11(15)14(10)7-12(16)17/h1-5H,7H2,(H,16,17). The number of rotatable bonds is 2. The number of aromatic nitrogens is 1. The number of nitrogens with zero attached hydrogens (tertiary/aromatic N) is 2. The third kappa shape index (κ3) is 2.01. The topological polar surface area (TPSA) is 83.1 Å². The largest absolute Gasteiger partial charge is 0.480 e. The Hall–Kier alpha value is -2.61. The van der Waals surface area contributed by atoms with Crippen molar-refractivity contribution < 1.29 is 9.90 Å². The van der Waals surface area contributed by atoms with E-state index in [2.05, 4.69) is 0 Å². The molecule has 0 unspecified atom stereocenters. The molecule has 0 radical (unpaired) electrons. The highest BCUT2D eigenvalue weighted by atomic mass is 16.4. The van der Waals surface area contributed by atoms with Gasteiger partial charge in [0.05, 0.1) is 17.1 Å². The summed E-state index contributed by atoms with van der Waals surface area (Å²) in [5.74, 6) is -1.08. The molecular formula is C12H8N2O3. The number of hydrogen-bond donors (Lipinski definition) is 1. The van der Waals surface area contributed by atoms with Gasteiger partial charge in [-0.15, -0.1) is 0 Å². The SMILES string of the molecule is N#Cc1ccc2c(ccc(=O)n2CC(=O)O)c1. The number of fused-ring (bicyclic) bond motifs is 1. The van der Waals surface area contributed by atoms with Crippen molar-refractivity contribution in [3.8, 4) is 6.07 Å². The van der Waals surface area contributed by atoms with Gasteiger partial charge in [-0.3, -0.25) is 14.2 Å². The molecule has 2 aromatic rings. The Morgan fingerprint density at radius 2 is 2.12 bits per heavy atom. The zero-order valence-corrected chi connectivity index (χ0v) is 8.75. The van der Waals surface area contributed by atoms with E-state index in [4.69, 9.17) is 10.4 Å². The van der Waals surface area contributed by atoms with Gasteiger partial charge in [-0.2, -0.15) is 5.26 Å². The lowest BCUT2D eigenvalue weighted by molar-refractivity contribution is -0.137. The minimum absolute atomic E-state index is 0.371. The Bertz CT molecular complexity index is 695. The van der Waals surface area contributed by atoms with Crippen LogP contribution < -0.4 is 5.56 Å². The molecule has 0 saturated heterocycles. The predicted molar refractivity (Wildman–Crippen MR) is 60.6 cm³/mol. The van der Waals surface area contributed by atoms with Gasteiger partial charge in [-0.1, -0.05) is 0 Å². The molecular weight excluding hydrogens is 220 g/mol. The smallest absolute Gasteiger partial charge is 0.323 e. The van der Waals surface area contributed by atoms with Crippen LogP contribution >= 0.6 is 0 Å². The molecule has 0 aliphatic carbocycles. The van der Waals surface area contributed by atoms with Crippen LogP contribution in [0.4, 0.5) is 0 Å². The minimum Gasteiger partial charge on any atom is -0.480 e. The second kappa shape index (κ2) is 4.10. The number of hydrogen-bond acceptors (Lipinski definition) is 3. The Kier molecular flexibility index (Phi) is 2.63. The summed E-state index contributed by atoms with van der Waals surface area (Å²) in [5.41, 5.74) is 0.613. The molecule has 0 aliphatic rings. The fourth-order valence-electron chi connectivity index (χ4n) is 1.67. The van der Waals surface area contributed by atoms with Gasteiger partial charge in [-0.25, -0.2) is 0 Å². The lowest BCUT2D eigenvalue weighted by atomic mass is 10.1. The van der Waals surface area contributed by atoms with Gasteiger partial charge in [0.2, 0.25) is 0 Å². The van der Waals surface area contributed by atoms with E-state index in [0.717, 1.165) is 0 Å². The van der Waals surface area contributed by atoms with Gasteiger partial charge in [0, 0.05) is 6.07 Å². The molecule has 5 heteroatoms. The molecule has 1 N–H and O–H groups in total. The van der Waals surface area contributed by atoms with Crippen LogP contribution in [0, 0.1) is 11.3 Å². The normalized spacial score (nSPS) is 10.1. The minimum atomic E-state index is -1.08. The highest BCUT2D eigenvalue weighted by Gasteiger charge is 2.07. The molecule has 1 aromatic heterocycles. The first kappa shape index (κ1) is 10.9. The summed E-state index contributed by atoms with van der Waals surface area (Å²) in [6.07, 6.45) is 0. The Morgan fingerprint density at radius 1 is 1.35 bits per heavy atom. The molecule has 0 fully saturated rings. The van der Waals surface area contributed by atoms with Crippen LogP contribution in [0.1, 0.15) is 5.56 Å². The predicted octanol–water partition coefficient (Wildman–Crippen LogP) is 0.958. The second-order valence-electron chi connectivity index (χ2n) is 3.54.